The molecule has 8 heteroatoms. The number of nitrogens with one attached hydrogen (secondary N) is 1. The molecule has 5 rings (SSSR count). The second-order valence-corrected chi connectivity index (χ2v) is 9.81. The van der Waals surface area contributed by atoms with Crippen LogP contribution < -0.4 is 10.2 Å². The monoisotopic (exact) mass is 488 g/mol. The number of carbonyl (C=O) groups excluding carboxylic acids is 1. The molecule has 2 aromatic heterocycles. The first-order valence-electron chi connectivity index (χ1n) is 11.9. The molecule has 1 N–H and O–H groups in total. The van der Waals surface area contributed by atoms with E-state index in [4.69, 9.17) is 16.7 Å². The van der Waals surface area contributed by atoms with Gasteiger partial charge < -0.3 is 10.2 Å². The van der Waals surface area contributed by atoms with E-state index in [2.05, 4.69) is 33.4 Å². The smallest absolute Gasteiger partial charge is 0.227 e. The van der Waals surface area contributed by atoms with Crippen molar-refractivity contribution in [2.24, 2.45) is 5.92 Å². The summed E-state index contributed by atoms with van der Waals surface area (Å²) in [4.78, 5) is 15.2. The SMILES string of the molecule is Cc1ccc(NC(=O)C2CCN(c3nnc(C)c4c(C)n(-c5ccc(Cl)cc5)nc34)CC2)c(C)c1. The number of halogens is 1. The summed E-state index contributed by atoms with van der Waals surface area (Å²) >= 11 is 6.08. The summed E-state index contributed by atoms with van der Waals surface area (Å²) in [6.45, 7) is 9.54. The number of hydrogen-bond donors (Lipinski definition) is 1. The minimum Gasteiger partial charge on any atom is -0.353 e. The van der Waals surface area contributed by atoms with Crippen LogP contribution in [0.25, 0.3) is 16.6 Å². The second kappa shape index (κ2) is 9.30. The summed E-state index contributed by atoms with van der Waals surface area (Å²) in [6.07, 6.45) is 1.51. The highest BCUT2D eigenvalue weighted by molar-refractivity contribution is 6.30. The first kappa shape index (κ1) is 23.3. The number of nitrogens with zero attached hydrogens (tertiary/aromatic N) is 5. The van der Waals surface area contributed by atoms with Crippen molar-refractivity contribution in [3.8, 4) is 5.69 Å². The summed E-state index contributed by atoms with van der Waals surface area (Å²) in [5, 5.41) is 18.7. The van der Waals surface area contributed by atoms with Gasteiger partial charge in [0.1, 0.15) is 5.52 Å². The molecule has 0 aliphatic carbocycles. The average molecular weight is 489 g/mol. The van der Waals surface area contributed by atoms with Crippen molar-refractivity contribution in [2.75, 3.05) is 23.3 Å². The van der Waals surface area contributed by atoms with Gasteiger partial charge in [-0.2, -0.15) is 10.2 Å². The molecule has 35 heavy (non-hydrogen) atoms. The fourth-order valence-electron chi connectivity index (χ4n) is 4.90. The zero-order chi connectivity index (χ0) is 24.7. The van der Waals surface area contributed by atoms with Gasteiger partial charge in [0.15, 0.2) is 5.82 Å². The number of rotatable bonds is 4. The first-order valence-corrected chi connectivity index (χ1v) is 12.3. The maximum absolute atomic E-state index is 13.0. The molecule has 180 valence electrons. The minimum atomic E-state index is -0.0331. The van der Waals surface area contributed by atoms with Crippen molar-refractivity contribution in [2.45, 2.75) is 40.5 Å². The molecule has 7 nitrogen and oxygen atoms in total. The van der Waals surface area contributed by atoms with Crippen LogP contribution in [0.5, 0.6) is 0 Å². The van der Waals surface area contributed by atoms with Gasteiger partial charge in [0.05, 0.1) is 22.5 Å². The van der Waals surface area contributed by atoms with E-state index >= 15 is 0 Å². The van der Waals surface area contributed by atoms with Crippen LogP contribution >= 0.6 is 11.6 Å². The summed E-state index contributed by atoms with van der Waals surface area (Å²) in [6, 6.07) is 13.7. The van der Waals surface area contributed by atoms with Crippen molar-refractivity contribution >= 4 is 39.9 Å². The average Bonchev–Trinajstić information content (AvgIpc) is 3.19. The fourth-order valence-corrected chi connectivity index (χ4v) is 5.03. The van der Waals surface area contributed by atoms with Crippen LogP contribution in [-0.2, 0) is 4.79 Å². The molecule has 0 unspecified atom stereocenters. The maximum atomic E-state index is 13.0. The molecule has 0 saturated carbocycles. The Kier molecular flexibility index (Phi) is 6.19. The third-order valence-corrected chi connectivity index (χ3v) is 7.11. The highest BCUT2D eigenvalue weighted by Gasteiger charge is 2.28. The number of anilines is 2. The number of hydrogen-bond acceptors (Lipinski definition) is 5. The zero-order valence-corrected chi connectivity index (χ0v) is 21.2. The van der Waals surface area contributed by atoms with E-state index in [9.17, 15) is 4.79 Å². The lowest BCUT2D eigenvalue weighted by molar-refractivity contribution is -0.120. The Hall–Kier alpha value is -3.45. The Morgan fingerprint density at radius 3 is 2.40 bits per heavy atom. The topological polar surface area (TPSA) is 75.9 Å². The molecule has 0 spiro atoms. The molecule has 3 heterocycles. The largest absolute Gasteiger partial charge is 0.353 e. The van der Waals surface area contributed by atoms with Crippen LogP contribution in [0, 0.1) is 33.6 Å². The van der Waals surface area contributed by atoms with E-state index in [1.165, 1.54) is 5.56 Å². The van der Waals surface area contributed by atoms with Crippen molar-refractivity contribution in [3.63, 3.8) is 0 Å². The second-order valence-electron chi connectivity index (χ2n) is 9.38. The number of amides is 1. The van der Waals surface area contributed by atoms with E-state index in [1.807, 2.05) is 61.9 Å². The molecule has 0 bridgehead atoms. The van der Waals surface area contributed by atoms with Gasteiger partial charge in [0, 0.05) is 29.7 Å². The molecular formula is C27H29ClN6O. The number of carbonyl (C=O) groups is 1. The Morgan fingerprint density at radius 1 is 1.00 bits per heavy atom. The number of piperidine rings is 1. The summed E-state index contributed by atoms with van der Waals surface area (Å²) < 4.78 is 1.92. The van der Waals surface area contributed by atoms with Gasteiger partial charge >= 0.3 is 0 Å². The van der Waals surface area contributed by atoms with Crippen molar-refractivity contribution in [3.05, 3.63) is 70.0 Å². The summed E-state index contributed by atoms with van der Waals surface area (Å²) in [5.74, 6) is 0.823. The molecule has 0 atom stereocenters. The molecule has 1 aliphatic heterocycles. The number of aromatic nitrogens is 4. The van der Waals surface area contributed by atoms with E-state index in [1.54, 1.807) is 0 Å². The van der Waals surface area contributed by atoms with Crippen LogP contribution in [0.1, 0.15) is 35.4 Å². The summed E-state index contributed by atoms with van der Waals surface area (Å²) in [5.41, 5.74) is 6.80. The van der Waals surface area contributed by atoms with E-state index in [0.717, 1.165) is 71.0 Å². The lowest BCUT2D eigenvalue weighted by Gasteiger charge is -2.32. The lowest BCUT2D eigenvalue weighted by atomic mass is 9.95. The number of fused-ring (bicyclic) bond motifs is 1. The van der Waals surface area contributed by atoms with Gasteiger partial charge in [-0.25, -0.2) is 4.68 Å². The quantitative estimate of drug-likeness (QED) is 0.407. The highest BCUT2D eigenvalue weighted by Crippen LogP contribution is 2.32. The van der Waals surface area contributed by atoms with Crippen LogP contribution in [0.4, 0.5) is 11.5 Å². The first-order chi connectivity index (χ1) is 16.8. The van der Waals surface area contributed by atoms with Gasteiger partial charge in [-0.3, -0.25) is 4.79 Å². The molecule has 4 aromatic rings. The normalized spacial score (nSPS) is 14.5. The summed E-state index contributed by atoms with van der Waals surface area (Å²) in [7, 11) is 0. The van der Waals surface area contributed by atoms with Crippen molar-refractivity contribution in [1.82, 2.24) is 20.0 Å². The van der Waals surface area contributed by atoms with Gasteiger partial charge in [-0.05, 0) is 76.4 Å². The predicted molar refractivity (Wildman–Crippen MR) is 141 cm³/mol. The Bertz CT molecular complexity index is 1400. The third kappa shape index (κ3) is 4.48. The van der Waals surface area contributed by atoms with Gasteiger partial charge in [-0.15, -0.1) is 5.10 Å². The van der Waals surface area contributed by atoms with Crippen LogP contribution in [0.2, 0.25) is 5.02 Å². The maximum Gasteiger partial charge on any atom is 0.227 e. The molecular weight excluding hydrogens is 460 g/mol. The van der Waals surface area contributed by atoms with Crippen LogP contribution in [0.15, 0.2) is 42.5 Å². The molecule has 1 aliphatic rings. The Balaban J connectivity index is 1.36. The van der Waals surface area contributed by atoms with Crippen LogP contribution in [0.3, 0.4) is 0 Å². The lowest BCUT2D eigenvalue weighted by Crippen LogP contribution is -2.39. The number of benzene rings is 2. The fraction of sp³-hybridized carbons (Fsp3) is 0.333. The molecule has 0 radical (unpaired) electrons. The molecule has 1 amide bonds. The van der Waals surface area contributed by atoms with E-state index in [-0.39, 0.29) is 11.8 Å². The molecule has 2 aromatic carbocycles. The highest BCUT2D eigenvalue weighted by atomic mass is 35.5. The van der Waals surface area contributed by atoms with Gasteiger partial charge in [-0.1, -0.05) is 29.3 Å². The molecule has 1 fully saturated rings. The van der Waals surface area contributed by atoms with Gasteiger partial charge in [0.2, 0.25) is 5.91 Å². The van der Waals surface area contributed by atoms with E-state index < -0.39 is 0 Å². The van der Waals surface area contributed by atoms with Gasteiger partial charge in [0.25, 0.3) is 0 Å². The number of aryl methyl sites for hydroxylation is 4. The van der Waals surface area contributed by atoms with E-state index in [0.29, 0.717) is 5.02 Å². The van der Waals surface area contributed by atoms with Crippen molar-refractivity contribution < 1.29 is 4.79 Å². The standard InChI is InChI=1S/C27H29ClN6O/c1-16-5-10-23(17(2)15-16)29-27(35)20-11-13-33(14-12-20)26-25-24(18(3)30-31-26)19(4)34(32-25)22-8-6-21(28)7-9-22/h5-10,15,20H,11-14H2,1-4H3,(H,29,35). The Labute approximate surface area is 210 Å². The zero-order valence-electron chi connectivity index (χ0n) is 20.5. The third-order valence-electron chi connectivity index (χ3n) is 6.86. The predicted octanol–water partition coefficient (Wildman–Crippen LogP) is 5.56. The minimum absolute atomic E-state index is 0.0331. The van der Waals surface area contributed by atoms with Crippen LogP contribution in [-0.4, -0.2) is 39.0 Å². The molecule has 1 saturated heterocycles. The Morgan fingerprint density at radius 2 is 1.71 bits per heavy atom. The van der Waals surface area contributed by atoms with Crippen molar-refractivity contribution in [1.29, 1.82) is 0 Å².